The summed E-state index contributed by atoms with van der Waals surface area (Å²) in [6.07, 6.45) is 1.69. The van der Waals surface area contributed by atoms with Crippen molar-refractivity contribution in [3.8, 4) is 0 Å². The first-order valence-electron chi connectivity index (χ1n) is 3.97. The maximum atomic E-state index is 10.3. The third-order valence-electron chi connectivity index (χ3n) is 1.59. The first kappa shape index (κ1) is 10.6. The second-order valence-corrected chi connectivity index (χ2v) is 2.79. The summed E-state index contributed by atoms with van der Waals surface area (Å²) in [6, 6.07) is 0. The highest BCUT2D eigenvalue weighted by Crippen LogP contribution is 2.07. The minimum absolute atomic E-state index is 0.0883. The van der Waals surface area contributed by atoms with E-state index in [2.05, 4.69) is 5.10 Å². The van der Waals surface area contributed by atoms with Crippen molar-refractivity contribution in [1.82, 2.24) is 9.78 Å². The van der Waals surface area contributed by atoms with E-state index in [4.69, 9.17) is 4.74 Å². The van der Waals surface area contributed by atoms with Crippen molar-refractivity contribution in [2.24, 2.45) is 0 Å². The van der Waals surface area contributed by atoms with Gasteiger partial charge in [-0.05, 0) is 0 Å². The first-order valence-corrected chi connectivity index (χ1v) is 3.97. The molecular formula is C7H11N3O4. The molecule has 1 aromatic heterocycles. The Hall–Kier alpha value is -1.47. The van der Waals surface area contributed by atoms with E-state index in [1.165, 1.54) is 18.0 Å². The van der Waals surface area contributed by atoms with E-state index in [1.54, 1.807) is 0 Å². The number of ether oxygens (including phenoxy) is 1. The molecule has 1 rings (SSSR count). The van der Waals surface area contributed by atoms with Crippen LogP contribution in [-0.2, 0) is 11.3 Å². The molecule has 0 aliphatic heterocycles. The highest BCUT2D eigenvalue weighted by molar-refractivity contribution is 5.20. The van der Waals surface area contributed by atoms with Crippen LogP contribution in [0, 0.1) is 10.1 Å². The molecule has 7 nitrogen and oxygen atoms in total. The van der Waals surface area contributed by atoms with Crippen LogP contribution in [0.3, 0.4) is 0 Å². The Bertz CT molecular complexity index is 312. The van der Waals surface area contributed by atoms with Crippen molar-refractivity contribution in [1.29, 1.82) is 0 Å². The monoisotopic (exact) mass is 201 g/mol. The van der Waals surface area contributed by atoms with Crippen molar-refractivity contribution >= 4 is 5.69 Å². The molecule has 78 valence electrons. The van der Waals surface area contributed by atoms with Crippen LogP contribution in [0.25, 0.3) is 0 Å². The summed E-state index contributed by atoms with van der Waals surface area (Å²) in [6.45, 7) is 0.356. The Morgan fingerprint density at radius 1 is 1.86 bits per heavy atom. The largest absolute Gasteiger partial charge is 0.389 e. The van der Waals surface area contributed by atoms with Crippen LogP contribution in [-0.4, -0.2) is 39.6 Å². The van der Waals surface area contributed by atoms with E-state index >= 15 is 0 Å². The Labute approximate surface area is 80.1 Å². The second kappa shape index (κ2) is 4.68. The Morgan fingerprint density at radius 3 is 3.07 bits per heavy atom. The van der Waals surface area contributed by atoms with E-state index < -0.39 is 11.0 Å². The maximum Gasteiger partial charge on any atom is 0.306 e. The number of aliphatic hydroxyl groups is 1. The van der Waals surface area contributed by atoms with Gasteiger partial charge in [0, 0.05) is 7.11 Å². The number of hydrogen-bond donors (Lipinski definition) is 1. The van der Waals surface area contributed by atoms with Crippen molar-refractivity contribution < 1.29 is 14.8 Å². The summed E-state index contributed by atoms with van der Waals surface area (Å²) in [5, 5.41) is 23.3. The second-order valence-electron chi connectivity index (χ2n) is 2.79. The van der Waals surface area contributed by atoms with E-state index in [-0.39, 0.29) is 18.8 Å². The van der Waals surface area contributed by atoms with Crippen molar-refractivity contribution in [2.75, 3.05) is 13.7 Å². The van der Waals surface area contributed by atoms with Gasteiger partial charge in [-0.2, -0.15) is 5.10 Å². The molecule has 0 radical (unpaired) electrons. The lowest BCUT2D eigenvalue weighted by atomic mass is 10.4. The van der Waals surface area contributed by atoms with Gasteiger partial charge in [-0.15, -0.1) is 0 Å². The summed E-state index contributed by atoms with van der Waals surface area (Å²) in [7, 11) is 1.47. The first-order chi connectivity index (χ1) is 6.63. The summed E-state index contributed by atoms with van der Waals surface area (Å²) in [5.41, 5.74) is -0.0883. The number of aromatic nitrogens is 2. The topological polar surface area (TPSA) is 90.4 Å². The Kier molecular flexibility index (Phi) is 3.55. The van der Waals surface area contributed by atoms with Gasteiger partial charge in [0.15, 0.2) is 0 Å². The summed E-state index contributed by atoms with van der Waals surface area (Å²) >= 11 is 0. The zero-order valence-corrected chi connectivity index (χ0v) is 7.66. The summed E-state index contributed by atoms with van der Waals surface area (Å²) < 4.78 is 6.01. The van der Waals surface area contributed by atoms with Gasteiger partial charge < -0.3 is 9.84 Å². The molecule has 0 unspecified atom stereocenters. The van der Waals surface area contributed by atoms with E-state index in [0.29, 0.717) is 0 Å². The number of nitrogens with zero attached hydrogens (tertiary/aromatic N) is 3. The molecule has 0 aliphatic rings. The van der Waals surface area contributed by atoms with Crippen LogP contribution >= 0.6 is 0 Å². The van der Waals surface area contributed by atoms with Crippen molar-refractivity contribution in [3.63, 3.8) is 0 Å². The van der Waals surface area contributed by atoms with E-state index in [1.807, 2.05) is 0 Å². The molecular weight excluding hydrogens is 190 g/mol. The average Bonchev–Trinajstić information content (AvgIpc) is 2.53. The predicted molar refractivity (Wildman–Crippen MR) is 46.8 cm³/mol. The fraction of sp³-hybridized carbons (Fsp3) is 0.571. The molecule has 0 saturated heterocycles. The molecule has 1 heterocycles. The smallest absolute Gasteiger partial charge is 0.306 e. The standard InChI is InChI=1S/C7H11N3O4/c1-14-5-7(11)4-9-3-6(2-8-9)10(12)13/h2-3,7,11H,4-5H2,1H3/t7-/m0/s1. The normalized spacial score (nSPS) is 12.7. The van der Waals surface area contributed by atoms with Crippen molar-refractivity contribution in [2.45, 2.75) is 12.6 Å². The van der Waals surface area contributed by atoms with Gasteiger partial charge in [0.2, 0.25) is 0 Å². The molecule has 0 bridgehead atoms. The summed E-state index contributed by atoms with van der Waals surface area (Å²) in [4.78, 5) is 9.76. The van der Waals surface area contributed by atoms with Crippen LogP contribution in [0.1, 0.15) is 0 Å². The molecule has 7 heteroatoms. The van der Waals surface area contributed by atoms with Crippen LogP contribution in [0.15, 0.2) is 12.4 Å². The summed E-state index contributed by atoms with van der Waals surface area (Å²) in [5.74, 6) is 0. The lowest BCUT2D eigenvalue weighted by Gasteiger charge is -2.07. The Morgan fingerprint density at radius 2 is 2.57 bits per heavy atom. The molecule has 0 fully saturated rings. The van der Waals surface area contributed by atoms with Crippen LogP contribution in [0.2, 0.25) is 0 Å². The van der Waals surface area contributed by atoms with Crippen molar-refractivity contribution in [3.05, 3.63) is 22.5 Å². The SMILES string of the molecule is COC[C@@H](O)Cn1cc([N+](=O)[O-])cn1. The van der Waals surface area contributed by atoms with Crippen LogP contribution in [0.4, 0.5) is 5.69 Å². The van der Waals surface area contributed by atoms with Crippen LogP contribution in [0.5, 0.6) is 0 Å². The van der Waals surface area contributed by atoms with Gasteiger partial charge >= 0.3 is 5.69 Å². The number of methoxy groups -OCH3 is 1. The van der Waals surface area contributed by atoms with E-state index in [9.17, 15) is 15.2 Å². The zero-order chi connectivity index (χ0) is 10.6. The van der Waals surface area contributed by atoms with Gasteiger partial charge in [0.25, 0.3) is 0 Å². The quantitative estimate of drug-likeness (QED) is 0.526. The highest BCUT2D eigenvalue weighted by atomic mass is 16.6. The minimum Gasteiger partial charge on any atom is -0.389 e. The fourth-order valence-corrected chi connectivity index (χ4v) is 1.01. The Balaban J connectivity index is 2.55. The molecule has 0 aliphatic carbocycles. The van der Waals surface area contributed by atoms with Gasteiger partial charge in [-0.1, -0.05) is 0 Å². The number of nitro groups is 1. The van der Waals surface area contributed by atoms with Crippen LogP contribution < -0.4 is 0 Å². The molecule has 0 saturated carbocycles. The predicted octanol–water partition coefficient (Wildman–Crippen LogP) is -0.201. The molecule has 0 spiro atoms. The maximum absolute atomic E-state index is 10.3. The number of aliphatic hydroxyl groups excluding tert-OH is 1. The minimum atomic E-state index is -0.709. The molecule has 0 aromatic carbocycles. The number of hydrogen-bond acceptors (Lipinski definition) is 5. The van der Waals surface area contributed by atoms with Gasteiger partial charge in [0.05, 0.1) is 24.2 Å². The molecule has 14 heavy (non-hydrogen) atoms. The molecule has 1 atom stereocenters. The third kappa shape index (κ3) is 2.79. The zero-order valence-electron chi connectivity index (χ0n) is 7.66. The lowest BCUT2D eigenvalue weighted by molar-refractivity contribution is -0.385. The van der Waals surface area contributed by atoms with E-state index in [0.717, 1.165) is 6.20 Å². The molecule has 1 aromatic rings. The van der Waals surface area contributed by atoms with Gasteiger partial charge in [-0.25, -0.2) is 0 Å². The average molecular weight is 201 g/mol. The van der Waals surface area contributed by atoms with Gasteiger partial charge in [0.1, 0.15) is 12.4 Å². The highest BCUT2D eigenvalue weighted by Gasteiger charge is 2.11. The molecule has 1 N–H and O–H groups in total. The number of rotatable bonds is 5. The third-order valence-corrected chi connectivity index (χ3v) is 1.59. The molecule has 0 amide bonds. The fourth-order valence-electron chi connectivity index (χ4n) is 1.01. The lowest BCUT2D eigenvalue weighted by Crippen LogP contribution is -2.21. The van der Waals surface area contributed by atoms with Gasteiger partial charge in [-0.3, -0.25) is 14.8 Å².